The molecule has 3 nitrogen and oxygen atoms in total. The minimum absolute atomic E-state index is 0.0939. The average molecular weight is 286 g/mol. The average Bonchev–Trinajstić information content (AvgIpc) is 3.24. The monoisotopic (exact) mass is 286 g/mol. The summed E-state index contributed by atoms with van der Waals surface area (Å²) in [7, 11) is 0. The smallest absolute Gasteiger partial charge is 0.242 e. The largest absolute Gasteiger partial charge is 0.340 e. The topological polar surface area (TPSA) is 46.3 Å². The lowest BCUT2D eigenvalue weighted by Crippen LogP contribution is -2.54. The normalized spacial score (nSPS) is 27.4. The predicted molar refractivity (Wildman–Crippen MR) is 84.9 cm³/mol. The maximum Gasteiger partial charge on any atom is 0.242 e. The Morgan fingerprint density at radius 2 is 1.90 bits per heavy atom. The molecule has 3 rings (SSSR count). The van der Waals surface area contributed by atoms with Crippen molar-refractivity contribution in [3.8, 4) is 0 Å². The summed E-state index contributed by atoms with van der Waals surface area (Å²) in [4.78, 5) is 14.8. The van der Waals surface area contributed by atoms with Crippen LogP contribution in [-0.4, -0.2) is 29.4 Å². The quantitative estimate of drug-likeness (QED) is 0.928. The van der Waals surface area contributed by atoms with E-state index in [2.05, 4.69) is 38.1 Å². The van der Waals surface area contributed by atoms with E-state index in [0.29, 0.717) is 11.8 Å². The number of carbonyl (C=O) groups excluding carboxylic acids is 1. The SMILES string of the molecule is CC1(C)CN(C(=O)[C@](C)(N)C2CC2)C[C@@H]1c1ccccc1. The van der Waals surface area contributed by atoms with E-state index in [1.54, 1.807) is 0 Å². The van der Waals surface area contributed by atoms with Crippen LogP contribution in [-0.2, 0) is 4.79 Å². The van der Waals surface area contributed by atoms with E-state index < -0.39 is 5.54 Å². The molecule has 21 heavy (non-hydrogen) atoms. The zero-order chi connectivity index (χ0) is 15.3. The van der Waals surface area contributed by atoms with Crippen molar-refractivity contribution in [1.29, 1.82) is 0 Å². The van der Waals surface area contributed by atoms with E-state index in [9.17, 15) is 4.79 Å². The minimum atomic E-state index is -0.679. The first kappa shape index (κ1) is 14.6. The second-order valence-corrected chi connectivity index (χ2v) is 7.69. The summed E-state index contributed by atoms with van der Waals surface area (Å²) >= 11 is 0. The van der Waals surface area contributed by atoms with Crippen molar-refractivity contribution in [2.24, 2.45) is 17.1 Å². The molecular formula is C18H26N2O. The zero-order valence-electron chi connectivity index (χ0n) is 13.3. The number of benzene rings is 1. The molecule has 0 aromatic heterocycles. The van der Waals surface area contributed by atoms with E-state index in [4.69, 9.17) is 5.73 Å². The molecule has 2 atom stereocenters. The number of amides is 1. The van der Waals surface area contributed by atoms with Gasteiger partial charge in [0.25, 0.3) is 0 Å². The summed E-state index contributed by atoms with van der Waals surface area (Å²) in [6, 6.07) is 10.5. The van der Waals surface area contributed by atoms with E-state index in [0.717, 1.165) is 25.9 Å². The summed E-state index contributed by atoms with van der Waals surface area (Å²) in [6.45, 7) is 8.00. The van der Waals surface area contributed by atoms with Crippen molar-refractivity contribution in [2.75, 3.05) is 13.1 Å². The summed E-state index contributed by atoms with van der Waals surface area (Å²) < 4.78 is 0. The number of hydrogen-bond acceptors (Lipinski definition) is 2. The Balaban J connectivity index is 1.80. The standard InChI is InChI=1S/C18H26N2O/c1-17(2)12-20(16(21)18(3,19)14-9-10-14)11-15(17)13-7-5-4-6-8-13/h4-8,14-15H,9-12,19H2,1-3H3/t15-,18-/m1/s1. The Bertz CT molecular complexity index is 531. The van der Waals surface area contributed by atoms with Crippen LogP contribution in [0.15, 0.2) is 30.3 Å². The first-order valence-corrected chi connectivity index (χ1v) is 7.95. The second kappa shape index (κ2) is 4.84. The summed E-state index contributed by atoms with van der Waals surface area (Å²) in [5.41, 5.74) is 7.06. The number of rotatable bonds is 3. The number of hydrogen-bond donors (Lipinski definition) is 1. The second-order valence-electron chi connectivity index (χ2n) is 7.69. The Kier molecular flexibility index (Phi) is 3.36. The lowest BCUT2D eigenvalue weighted by molar-refractivity contribution is -0.136. The van der Waals surface area contributed by atoms with E-state index in [1.165, 1.54) is 5.56 Å². The molecule has 3 heteroatoms. The van der Waals surface area contributed by atoms with Crippen LogP contribution in [0.1, 0.15) is 45.1 Å². The third kappa shape index (κ3) is 2.59. The number of likely N-dealkylation sites (tertiary alicyclic amines) is 1. The van der Waals surface area contributed by atoms with Crippen LogP contribution in [0, 0.1) is 11.3 Å². The van der Waals surface area contributed by atoms with Gasteiger partial charge in [0.15, 0.2) is 0 Å². The van der Waals surface area contributed by atoms with Crippen LogP contribution in [0.25, 0.3) is 0 Å². The van der Waals surface area contributed by atoms with Gasteiger partial charge in [0.05, 0.1) is 5.54 Å². The molecule has 1 aromatic rings. The summed E-state index contributed by atoms with van der Waals surface area (Å²) in [5, 5.41) is 0. The van der Waals surface area contributed by atoms with Crippen molar-refractivity contribution >= 4 is 5.91 Å². The van der Waals surface area contributed by atoms with E-state index in [-0.39, 0.29) is 11.3 Å². The van der Waals surface area contributed by atoms with Crippen LogP contribution in [0.2, 0.25) is 0 Å². The lowest BCUT2D eigenvalue weighted by Gasteiger charge is -2.30. The maximum atomic E-state index is 12.8. The van der Waals surface area contributed by atoms with E-state index >= 15 is 0 Å². The van der Waals surface area contributed by atoms with Gasteiger partial charge in [0.1, 0.15) is 0 Å². The van der Waals surface area contributed by atoms with Gasteiger partial charge in [-0.2, -0.15) is 0 Å². The highest BCUT2D eigenvalue weighted by Crippen LogP contribution is 2.45. The van der Waals surface area contributed by atoms with Crippen LogP contribution in [0.3, 0.4) is 0 Å². The van der Waals surface area contributed by atoms with Crippen molar-refractivity contribution in [3.63, 3.8) is 0 Å². The molecule has 2 aliphatic rings. The minimum Gasteiger partial charge on any atom is -0.340 e. The lowest BCUT2D eigenvalue weighted by atomic mass is 9.78. The molecule has 0 radical (unpaired) electrons. The fourth-order valence-electron chi connectivity index (χ4n) is 3.73. The van der Waals surface area contributed by atoms with Crippen molar-refractivity contribution in [2.45, 2.75) is 45.1 Å². The molecule has 2 fully saturated rings. The summed E-state index contributed by atoms with van der Waals surface area (Å²) in [6.07, 6.45) is 2.19. The molecule has 1 aliphatic heterocycles. The Morgan fingerprint density at radius 3 is 2.48 bits per heavy atom. The predicted octanol–water partition coefficient (Wildman–Crippen LogP) is 2.77. The fraction of sp³-hybridized carbons (Fsp3) is 0.611. The van der Waals surface area contributed by atoms with Gasteiger partial charge in [-0.15, -0.1) is 0 Å². The molecule has 1 saturated carbocycles. The Morgan fingerprint density at radius 1 is 1.29 bits per heavy atom. The Labute approximate surface area is 127 Å². The van der Waals surface area contributed by atoms with Crippen molar-refractivity contribution in [1.82, 2.24) is 4.90 Å². The van der Waals surface area contributed by atoms with Crippen LogP contribution in [0.5, 0.6) is 0 Å². The molecule has 1 saturated heterocycles. The van der Waals surface area contributed by atoms with Gasteiger partial charge in [-0.05, 0) is 36.7 Å². The molecule has 2 N–H and O–H groups in total. The van der Waals surface area contributed by atoms with Gasteiger partial charge in [-0.25, -0.2) is 0 Å². The Hall–Kier alpha value is -1.35. The van der Waals surface area contributed by atoms with Gasteiger partial charge in [0, 0.05) is 19.0 Å². The molecule has 1 amide bonds. The van der Waals surface area contributed by atoms with Crippen molar-refractivity contribution in [3.05, 3.63) is 35.9 Å². The first-order valence-electron chi connectivity index (χ1n) is 7.95. The van der Waals surface area contributed by atoms with Crippen LogP contribution < -0.4 is 5.73 Å². The highest BCUT2D eigenvalue weighted by atomic mass is 16.2. The third-order valence-electron chi connectivity index (χ3n) is 5.32. The summed E-state index contributed by atoms with van der Waals surface area (Å²) in [5.74, 6) is 0.901. The van der Waals surface area contributed by atoms with Gasteiger partial charge >= 0.3 is 0 Å². The molecule has 1 heterocycles. The van der Waals surface area contributed by atoms with Gasteiger partial charge in [0.2, 0.25) is 5.91 Å². The fourth-order valence-corrected chi connectivity index (χ4v) is 3.73. The van der Waals surface area contributed by atoms with Crippen LogP contribution in [0.4, 0.5) is 0 Å². The molecule has 1 aliphatic carbocycles. The van der Waals surface area contributed by atoms with Gasteiger partial charge < -0.3 is 10.6 Å². The molecule has 1 aromatic carbocycles. The van der Waals surface area contributed by atoms with Gasteiger partial charge in [-0.1, -0.05) is 44.2 Å². The number of carbonyl (C=O) groups is 1. The highest BCUT2D eigenvalue weighted by molar-refractivity contribution is 5.87. The highest BCUT2D eigenvalue weighted by Gasteiger charge is 2.50. The van der Waals surface area contributed by atoms with E-state index in [1.807, 2.05) is 17.9 Å². The molecule has 0 unspecified atom stereocenters. The van der Waals surface area contributed by atoms with Crippen LogP contribution >= 0.6 is 0 Å². The number of nitrogens with zero attached hydrogens (tertiary/aromatic N) is 1. The first-order chi connectivity index (χ1) is 9.82. The molecule has 114 valence electrons. The van der Waals surface area contributed by atoms with Gasteiger partial charge in [-0.3, -0.25) is 4.79 Å². The molecule has 0 spiro atoms. The maximum absolute atomic E-state index is 12.8. The third-order valence-corrected chi connectivity index (χ3v) is 5.32. The van der Waals surface area contributed by atoms with Crippen molar-refractivity contribution < 1.29 is 4.79 Å². The number of nitrogens with two attached hydrogens (primary N) is 1. The molecule has 0 bridgehead atoms. The zero-order valence-corrected chi connectivity index (χ0v) is 13.3. The molecular weight excluding hydrogens is 260 g/mol.